The number of hydrogen-bond acceptors (Lipinski definition) is 4. The zero-order valence-corrected chi connectivity index (χ0v) is 16.4. The van der Waals surface area contributed by atoms with Gasteiger partial charge >= 0.3 is 0 Å². The Morgan fingerprint density at radius 2 is 1.92 bits per heavy atom. The lowest BCUT2D eigenvalue weighted by atomic mass is 9.99. The molecule has 1 N–H and O–H groups in total. The Morgan fingerprint density at radius 3 is 2.54 bits per heavy atom. The summed E-state index contributed by atoms with van der Waals surface area (Å²) in [6.45, 7) is 8.43. The first-order valence-corrected chi connectivity index (χ1v) is 9.00. The Kier molecular flexibility index (Phi) is 5.01. The molecule has 3 aromatic heterocycles. The van der Waals surface area contributed by atoms with E-state index in [1.165, 1.54) is 0 Å². The Hall–Kier alpha value is -2.40. The van der Waals surface area contributed by atoms with E-state index in [9.17, 15) is 5.11 Å². The van der Waals surface area contributed by atoms with E-state index in [1.807, 2.05) is 30.7 Å². The molecular formula is C21H27N3O2. The number of aliphatic hydroxyl groups is 1. The highest BCUT2D eigenvalue weighted by molar-refractivity contribution is 5.86. The van der Waals surface area contributed by atoms with Gasteiger partial charge in [-0.05, 0) is 42.2 Å². The molecule has 0 aliphatic heterocycles. The summed E-state index contributed by atoms with van der Waals surface area (Å²) in [5, 5.41) is 10.6. The van der Waals surface area contributed by atoms with Crippen LogP contribution in [0.25, 0.3) is 22.3 Å². The molecule has 0 unspecified atom stereocenters. The van der Waals surface area contributed by atoms with Gasteiger partial charge in [0.2, 0.25) is 5.88 Å². The van der Waals surface area contributed by atoms with Crippen LogP contribution in [0.3, 0.4) is 0 Å². The Balaban J connectivity index is 2.21. The van der Waals surface area contributed by atoms with Crippen LogP contribution >= 0.6 is 0 Å². The minimum Gasteiger partial charge on any atom is -0.480 e. The largest absolute Gasteiger partial charge is 0.480 e. The van der Waals surface area contributed by atoms with E-state index in [4.69, 9.17) is 9.72 Å². The topological polar surface area (TPSA) is 60.2 Å². The number of methoxy groups -OCH3 is 1. The maximum Gasteiger partial charge on any atom is 0.222 e. The number of aromatic nitrogens is 3. The standard InChI is InChI=1S/C21H27N3O2/c1-12(2)18-8-7-15(21(22-18)26-6)19-13(3)9-16-17(14(4)11-25)10-24(5)20(16)23-19/h7-10,12,14,25H,11H2,1-6H3/t14-/m1/s1. The lowest BCUT2D eigenvalue weighted by Gasteiger charge is -2.13. The van der Waals surface area contributed by atoms with E-state index < -0.39 is 0 Å². The smallest absolute Gasteiger partial charge is 0.222 e. The fourth-order valence-electron chi connectivity index (χ4n) is 3.30. The van der Waals surface area contributed by atoms with Gasteiger partial charge in [-0.15, -0.1) is 0 Å². The van der Waals surface area contributed by atoms with Crippen molar-refractivity contribution in [2.75, 3.05) is 13.7 Å². The van der Waals surface area contributed by atoms with Gasteiger partial charge in [-0.2, -0.15) is 0 Å². The average molecular weight is 353 g/mol. The average Bonchev–Trinajstić information content (AvgIpc) is 2.95. The number of nitrogens with zero attached hydrogens (tertiary/aromatic N) is 3. The van der Waals surface area contributed by atoms with Gasteiger partial charge in [0.05, 0.1) is 18.4 Å². The zero-order chi connectivity index (χ0) is 19.0. The molecule has 5 nitrogen and oxygen atoms in total. The fraction of sp³-hybridized carbons (Fsp3) is 0.429. The van der Waals surface area contributed by atoms with Crippen LogP contribution in [0, 0.1) is 6.92 Å². The van der Waals surface area contributed by atoms with Gasteiger partial charge in [-0.25, -0.2) is 9.97 Å². The van der Waals surface area contributed by atoms with Gasteiger partial charge in [-0.3, -0.25) is 0 Å². The lowest BCUT2D eigenvalue weighted by molar-refractivity contribution is 0.273. The highest BCUT2D eigenvalue weighted by Crippen LogP contribution is 2.34. The van der Waals surface area contributed by atoms with Crippen molar-refractivity contribution in [1.29, 1.82) is 0 Å². The lowest BCUT2D eigenvalue weighted by Crippen LogP contribution is -2.01. The van der Waals surface area contributed by atoms with Crippen molar-refractivity contribution in [2.45, 2.75) is 39.5 Å². The normalized spacial score (nSPS) is 12.8. The predicted octanol–water partition coefficient (Wildman–Crippen LogP) is 4.17. The number of rotatable bonds is 5. The molecule has 0 aromatic carbocycles. The molecule has 0 spiro atoms. The van der Waals surface area contributed by atoms with Crippen molar-refractivity contribution in [3.8, 4) is 17.1 Å². The van der Waals surface area contributed by atoms with Crippen molar-refractivity contribution in [1.82, 2.24) is 14.5 Å². The van der Waals surface area contributed by atoms with Crippen LogP contribution in [0.4, 0.5) is 0 Å². The molecular weight excluding hydrogens is 326 g/mol. The van der Waals surface area contributed by atoms with Crippen LogP contribution in [-0.2, 0) is 7.05 Å². The van der Waals surface area contributed by atoms with E-state index in [0.29, 0.717) is 11.8 Å². The van der Waals surface area contributed by atoms with Gasteiger partial charge in [0.25, 0.3) is 0 Å². The Morgan fingerprint density at radius 1 is 1.19 bits per heavy atom. The summed E-state index contributed by atoms with van der Waals surface area (Å²) < 4.78 is 7.57. The molecule has 0 saturated heterocycles. The van der Waals surface area contributed by atoms with E-state index in [2.05, 4.69) is 38.0 Å². The molecule has 0 fully saturated rings. The van der Waals surface area contributed by atoms with Gasteiger partial charge in [0.1, 0.15) is 5.65 Å². The van der Waals surface area contributed by atoms with E-state index in [1.54, 1.807) is 7.11 Å². The van der Waals surface area contributed by atoms with Crippen LogP contribution in [0.15, 0.2) is 24.4 Å². The van der Waals surface area contributed by atoms with Gasteiger partial charge in [-0.1, -0.05) is 20.8 Å². The van der Waals surface area contributed by atoms with Crippen LogP contribution in [-0.4, -0.2) is 33.4 Å². The molecule has 0 amide bonds. The van der Waals surface area contributed by atoms with Crippen LogP contribution in [0.5, 0.6) is 5.88 Å². The van der Waals surface area contributed by atoms with Crippen LogP contribution in [0.2, 0.25) is 0 Å². The van der Waals surface area contributed by atoms with Crippen molar-refractivity contribution in [3.63, 3.8) is 0 Å². The molecule has 26 heavy (non-hydrogen) atoms. The number of fused-ring (bicyclic) bond motifs is 1. The molecule has 3 rings (SSSR count). The molecule has 1 atom stereocenters. The first-order valence-electron chi connectivity index (χ1n) is 9.00. The SMILES string of the molecule is COc1nc(C(C)C)ccc1-c1nc2c(cc1C)c([C@H](C)CO)cn2C. The second kappa shape index (κ2) is 7.08. The first kappa shape index (κ1) is 18.4. The number of ether oxygens (including phenoxy) is 1. The maximum absolute atomic E-state index is 9.54. The molecule has 0 radical (unpaired) electrons. The number of pyridine rings is 2. The molecule has 5 heteroatoms. The number of hydrogen-bond donors (Lipinski definition) is 1. The molecule has 0 aliphatic rings. The summed E-state index contributed by atoms with van der Waals surface area (Å²) in [7, 11) is 3.63. The number of aryl methyl sites for hydroxylation is 2. The third-order valence-electron chi connectivity index (χ3n) is 4.90. The number of aliphatic hydroxyl groups excluding tert-OH is 1. The molecule has 0 bridgehead atoms. The van der Waals surface area contributed by atoms with Crippen molar-refractivity contribution >= 4 is 11.0 Å². The van der Waals surface area contributed by atoms with Crippen LogP contribution in [0.1, 0.15) is 49.4 Å². The van der Waals surface area contributed by atoms with Crippen molar-refractivity contribution in [2.24, 2.45) is 7.05 Å². The third-order valence-corrected chi connectivity index (χ3v) is 4.90. The van der Waals surface area contributed by atoms with Gasteiger partial charge in [0.15, 0.2) is 0 Å². The minimum absolute atomic E-state index is 0.0762. The summed E-state index contributed by atoms with van der Waals surface area (Å²) in [4.78, 5) is 9.58. The molecule has 0 saturated carbocycles. The summed E-state index contributed by atoms with van der Waals surface area (Å²) in [6.07, 6.45) is 2.05. The Labute approximate surface area is 154 Å². The second-order valence-corrected chi connectivity index (χ2v) is 7.25. The summed E-state index contributed by atoms with van der Waals surface area (Å²) in [5.41, 5.74) is 5.86. The summed E-state index contributed by atoms with van der Waals surface area (Å²) in [5.74, 6) is 1.02. The van der Waals surface area contributed by atoms with E-state index in [-0.39, 0.29) is 12.5 Å². The van der Waals surface area contributed by atoms with Gasteiger partial charge in [0, 0.05) is 36.8 Å². The first-order chi connectivity index (χ1) is 12.4. The monoisotopic (exact) mass is 353 g/mol. The second-order valence-electron chi connectivity index (χ2n) is 7.25. The minimum atomic E-state index is 0.0762. The quantitative estimate of drug-likeness (QED) is 0.748. The third kappa shape index (κ3) is 3.07. The molecule has 0 aliphatic carbocycles. The summed E-state index contributed by atoms with van der Waals surface area (Å²) in [6, 6.07) is 6.23. The maximum atomic E-state index is 9.54. The van der Waals surface area contributed by atoms with E-state index in [0.717, 1.165) is 39.1 Å². The zero-order valence-electron chi connectivity index (χ0n) is 16.4. The predicted molar refractivity (Wildman–Crippen MR) is 105 cm³/mol. The van der Waals surface area contributed by atoms with Crippen molar-refractivity contribution in [3.05, 3.63) is 41.2 Å². The molecule has 138 valence electrons. The molecule has 3 aromatic rings. The van der Waals surface area contributed by atoms with Crippen LogP contribution < -0.4 is 4.74 Å². The fourth-order valence-corrected chi connectivity index (χ4v) is 3.30. The highest BCUT2D eigenvalue weighted by atomic mass is 16.5. The van der Waals surface area contributed by atoms with Gasteiger partial charge < -0.3 is 14.4 Å². The highest BCUT2D eigenvalue weighted by Gasteiger charge is 2.19. The van der Waals surface area contributed by atoms with E-state index >= 15 is 0 Å². The van der Waals surface area contributed by atoms with Crippen molar-refractivity contribution < 1.29 is 9.84 Å². The molecule has 3 heterocycles. The Bertz CT molecular complexity index is 944. The summed E-state index contributed by atoms with van der Waals surface area (Å²) >= 11 is 0.